The number of hydrogen-bond donors (Lipinski definition) is 2. The lowest BCUT2D eigenvalue weighted by Crippen LogP contribution is -2.42. The van der Waals surface area contributed by atoms with E-state index in [1.165, 1.54) is 0 Å². The van der Waals surface area contributed by atoms with Gasteiger partial charge in [0.15, 0.2) is 0 Å². The van der Waals surface area contributed by atoms with Gasteiger partial charge in [0, 0.05) is 0 Å². The van der Waals surface area contributed by atoms with Crippen LogP contribution in [-0.2, 0) is 0 Å². The Morgan fingerprint density at radius 2 is 1.41 bits per heavy atom. The van der Waals surface area contributed by atoms with E-state index in [0.717, 1.165) is 24.3 Å². The molecule has 0 spiro atoms. The van der Waals surface area contributed by atoms with Crippen LogP contribution in [0.4, 0.5) is 22.0 Å². The Morgan fingerprint density at radius 3 is 1.76 bits per heavy atom. The summed E-state index contributed by atoms with van der Waals surface area (Å²) < 4.78 is 63.7. The van der Waals surface area contributed by atoms with E-state index in [0.29, 0.717) is 0 Å². The lowest BCUT2D eigenvalue weighted by Gasteiger charge is -2.20. The molecular weight excluding hydrogens is 250 g/mol. The fraction of sp³-hybridized carbons (Fsp3) is 0.250. The largest absolute Gasteiger partial charge is 0.499 e. The van der Waals surface area contributed by atoms with Crippen molar-refractivity contribution in [3.63, 3.8) is 0 Å². The van der Waals surface area contributed by atoms with E-state index in [2.05, 4.69) is 4.74 Å². The fourth-order valence-electron chi connectivity index (χ4n) is 0.914. The molecule has 1 rings (SSSR count). The average Bonchev–Trinajstić information content (AvgIpc) is 2.16. The molecule has 0 aliphatic carbocycles. The highest BCUT2D eigenvalue weighted by molar-refractivity contribution is 6.58. The number of alkyl halides is 5. The van der Waals surface area contributed by atoms with Gasteiger partial charge in [0.25, 0.3) is 0 Å². The van der Waals surface area contributed by atoms with Crippen LogP contribution in [0.5, 0.6) is 5.75 Å². The molecule has 0 aliphatic rings. The van der Waals surface area contributed by atoms with Crippen molar-refractivity contribution in [2.45, 2.75) is 12.3 Å². The zero-order chi connectivity index (χ0) is 13.3. The molecule has 0 fully saturated rings. The van der Waals surface area contributed by atoms with Gasteiger partial charge in [0.2, 0.25) is 0 Å². The fourth-order valence-corrected chi connectivity index (χ4v) is 0.914. The van der Waals surface area contributed by atoms with Gasteiger partial charge in [0.05, 0.1) is 0 Å². The van der Waals surface area contributed by atoms with E-state index in [-0.39, 0.29) is 5.46 Å². The molecule has 94 valence electrons. The first-order valence-electron chi connectivity index (χ1n) is 4.23. The summed E-state index contributed by atoms with van der Waals surface area (Å²) in [5, 5.41) is 17.3. The predicted octanol–water partition coefficient (Wildman–Crippen LogP) is 0.900. The van der Waals surface area contributed by atoms with Crippen LogP contribution < -0.4 is 10.2 Å². The topological polar surface area (TPSA) is 49.7 Å². The second kappa shape index (κ2) is 4.50. The maximum atomic E-state index is 12.4. The van der Waals surface area contributed by atoms with Gasteiger partial charge >= 0.3 is 19.4 Å². The Morgan fingerprint density at radius 1 is 0.941 bits per heavy atom. The van der Waals surface area contributed by atoms with Crippen molar-refractivity contribution < 1.29 is 36.7 Å². The monoisotopic (exact) mass is 256 g/mol. The normalized spacial score (nSPS) is 12.4. The summed E-state index contributed by atoms with van der Waals surface area (Å²) >= 11 is 0. The molecular formula is C8H6BF5O3. The Labute approximate surface area is 92.6 Å². The minimum absolute atomic E-state index is 0.0623. The van der Waals surface area contributed by atoms with E-state index in [1.807, 2.05) is 0 Å². The number of benzene rings is 1. The van der Waals surface area contributed by atoms with E-state index in [4.69, 9.17) is 10.0 Å². The summed E-state index contributed by atoms with van der Waals surface area (Å²) in [6.07, 6.45) is -11.1. The third-order valence-electron chi connectivity index (χ3n) is 1.75. The number of rotatable bonds is 3. The lowest BCUT2D eigenvalue weighted by atomic mass is 9.80. The quantitative estimate of drug-likeness (QED) is 0.624. The van der Waals surface area contributed by atoms with Gasteiger partial charge in [-0.25, -0.2) is 0 Å². The molecule has 0 heterocycles. The number of hydrogen-bond acceptors (Lipinski definition) is 3. The molecule has 0 bridgehead atoms. The maximum absolute atomic E-state index is 12.4. The molecule has 0 aromatic heterocycles. The van der Waals surface area contributed by atoms with Gasteiger partial charge in [0.1, 0.15) is 5.75 Å². The Balaban J connectivity index is 2.83. The van der Waals surface area contributed by atoms with Gasteiger partial charge in [-0.1, -0.05) is 12.1 Å². The van der Waals surface area contributed by atoms with Crippen molar-refractivity contribution in [3.05, 3.63) is 24.3 Å². The van der Waals surface area contributed by atoms with Crippen molar-refractivity contribution in [1.82, 2.24) is 0 Å². The molecule has 17 heavy (non-hydrogen) atoms. The molecule has 2 N–H and O–H groups in total. The molecule has 1 aromatic carbocycles. The molecule has 0 aliphatic heterocycles. The van der Waals surface area contributed by atoms with Gasteiger partial charge in [-0.2, -0.15) is 22.0 Å². The zero-order valence-electron chi connectivity index (χ0n) is 8.08. The standard InChI is InChI=1S/C8H6BF5O3/c10-7(11,12)8(13,14)17-6-3-1-5(2-4-6)9(15)16/h1-4,15-16H. The Kier molecular flexibility index (Phi) is 3.63. The Bertz CT molecular complexity index is 376. The van der Waals surface area contributed by atoms with Crippen molar-refractivity contribution in [2.24, 2.45) is 0 Å². The first-order chi connectivity index (χ1) is 7.63. The highest BCUT2D eigenvalue weighted by Gasteiger charge is 2.61. The average molecular weight is 256 g/mol. The summed E-state index contributed by atoms with van der Waals surface area (Å²) in [5.74, 6) is -0.739. The summed E-state index contributed by atoms with van der Waals surface area (Å²) in [6.45, 7) is 0. The predicted molar refractivity (Wildman–Crippen MR) is 47.9 cm³/mol. The molecule has 0 unspecified atom stereocenters. The summed E-state index contributed by atoms with van der Waals surface area (Å²) in [7, 11) is -1.84. The second-order valence-corrected chi connectivity index (χ2v) is 3.06. The van der Waals surface area contributed by atoms with Gasteiger partial charge in [-0.05, 0) is 17.6 Å². The molecule has 0 radical (unpaired) electrons. The summed E-state index contributed by atoms with van der Waals surface area (Å²) in [4.78, 5) is 0. The smallest absolute Gasteiger partial charge is 0.426 e. The molecule has 0 amide bonds. The highest BCUT2D eigenvalue weighted by Crippen LogP contribution is 2.36. The van der Waals surface area contributed by atoms with Gasteiger partial charge in [-0.15, -0.1) is 0 Å². The molecule has 0 saturated carbocycles. The van der Waals surface area contributed by atoms with Crippen molar-refractivity contribution in [1.29, 1.82) is 0 Å². The summed E-state index contributed by atoms with van der Waals surface area (Å²) in [5.41, 5.74) is -0.0623. The SMILES string of the molecule is OB(O)c1ccc(OC(F)(F)C(F)(F)F)cc1. The maximum Gasteiger partial charge on any atom is 0.499 e. The minimum Gasteiger partial charge on any atom is -0.426 e. The van der Waals surface area contributed by atoms with Crippen LogP contribution in [0.25, 0.3) is 0 Å². The molecule has 0 saturated heterocycles. The van der Waals surface area contributed by atoms with Crippen molar-refractivity contribution in [2.75, 3.05) is 0 Å². The van der Waals surface area contributed by atoms with Crippen molar-refractivity contribution >= 4 is 12.6 Å². The highest BCUT2D eigenvalue weighted by atomic mass is 19.4. The van der Waals surface area contributed by atoms with Crippen LogP contribution >= 0.6 is 0 Å². The third-order valence-corrected chi connectivity index (χ3v) is 1.75. The molecule has 3 nitrogen and oxygen atoms in total. The third kappa shape index (κ3) is 3.30. The van der Waals surface area contributed by atoms with E-state index >= 15 is 0 Å². The van der Waals surface area contributed by atoms with Crippen LogP contribution in [0.3, 0.4) is 0 Å². The van der Waals surface area contributed by atoms with Crippen molar-refractivity contribution in [3.8, 4) is 5.75 Å². The van der Waals surface area contributed by atoms with Crippen LogP contribution in [0.15, 0.2) is 24.3 Å². The van der Waals surface area contributed by atoms with E-state index in [9.17, 15) is 22.0 Å². The van der Waals surface area contributed by atoms with Gasteiger partial charge < -0.3 is 14.8 Å². The number of ether oxygens (including phenoxy) is 1. The molecule has 1 aromatic rings. The first kappa shape index (κ1) is 13.7. The van der Waals surface area contributed by atoms with Crippen LogP contribution in [0.2, 0.25) is 0 Å². The first-order valence-corrected chi connectivity index (χ1v) is 4.23. The van der Waals surface area contributed by atoms with Crippen LogP contribution in [0.1, 0.15) is 0 Å². The van der Waals surface area contributed by atoms with Crippen LogP contribution in [-0.4, -0.2) is 29.5 Å². The second-order valence-electron chi connectivity index (χ2n) is 3.06. The lowest BCUT2D eigenvalue weighted by molar-refractivity contribution is -0.360. The number of halogens is 5. The molecule has 0 atom stereocenters. The van der Waals surface area contributed by atoms with Gasteiger partial charge in [-0.3, -0.25) is 0 Å². The molecule has 9 heteroatoms. The summed E-state index contributed by atoms with van der Waals surface area (Å²) in [6, 6.07) is 3.45. The Hall–Kier alpha value is -1.35. The zero-order valence-corrected chi connectivity index (χ0v) is 8.08. The minimum atomic E-state index is -5.82. The van der Waals surface area contributed by atoms with E-state index in [1.54, 1.807) is 0 Å². The van der Waals surface area contributed by atoms with E-state index < -0.39 is 25.2 Å². The van der Waals surface area contributed by atoms with Crippen LogP contribution in [0, 0.1) is 0 Å².